The summed E-state index contributed by atoms with van der Waals surface area (Å²) in [5.41, 5.74) is 3.76. The van der Waals surface area contributed by atoms with Gasteiger partial charge in [0.1, 0.15) is 5.75 Å². The van der Waals surface area contributed by atoms with Crippen LogP contribution in [0.5, 0.6) is 5.75 Å². The van der Waals surface area contributed by atoms with E-state index >= 15 is 0 Å². The highest BCUT2D eigenvalue weighted by Gasteiger charge is 2.04. The first kappa shape index (κ1) is 13.4. The number of aryl methyl sites for hydroxylation is 3. The fraction of sp³-hybridized carbons (Fsp3) is 0.571. The van der Waals surface area contributed by atoms with Crippen LogP contribution in [0.1, 0.15) is 36.0 Å². The zero-order valence-corrected chi connectivity index (χ0v) is 11.2. The van der Waals surface area contributed by atoms with Crippen LogP contribution < -0.4 is 4.74 Å². The molecule has 0 radical (unpaired) electrons. The number of rotatable bonds is 6. The van der Waals surface area contributed by atoms with Crippen LogP contribution in [0.15, 0.2) is 12.1 Å². The minimum atomic E-state index is 0.753. The van der Waals surface area contributed by atoms with Crippen LogP contribution in [-0.2, 0) is 0 Å². The first-order valence-electron chi connectivity index (χ1n) is 5.91. The van der Waals surface area contributed by atoms with Crippen LogP contribution in [0.2, 0.25) is 0 Å². The number of halogens is 1. The zero-order chi connectivity index (χ0) is 12.0. The molecule has 0 spiro atoms. The maximum Gasteiger partial charge on any atom is 0.125 e. The van der Waals surface area contributed by atoms with Gasteiger partial charge in [0, 0.05) is 5.88 Å². The third-order valence-electron chi connectivity index (χ3n) is 2.63. The van der Waals surface area contributed by atoms with Gasteiger partial charge in [0.05, 0.1) is 6.61 Å². The van der Waals surface area contributed by atoms with E-state index in [-0.39, 0.29) is 0 Å². The average Bonchev–Trinajstić information content (AvgIpc) is 2.20. The van der Waals surface area contributed by atoms with E-state index in [1.54, 1.807) is 0 Å². The Morgan fingerprint density at radius 1 is 1.00 bits per heavy atom. The number of unbranched alkanes of at least 4 members (excludes halogenated alkanes) is 2. The van der Waals surface area contributed by atoms with Crippen LogP contribution in [0.25, 0.3) is 0 Å². The molecule has 0 atom stereocenters. The second-order valence-corrected chi connectivity index (χ2v) is 4.70. The molecule has 0 saturated heterocycles. The highest BCUT2D eigenvalue weighted by atomic mass is 35.5. The van der Waals surface area contributed by atoms with Gasteiger partial charge in [-0.15, -0.1) is 11.6 Å². The van der Waals surface area contributed by atoms with Crippen LogP contribution in [-0.4, -0.2) is 12.5 Å². The summed E-state index contributed by atoms with van der Waals surface area (Å²) in [6, 6.07) is 4.34. The van der Waals surface area contributed by atoms with Gasteiger partial charge in [-0.2, -0.15) is 0 Å². The summed E-state index contributed by atoms with van der Waals surface area (Å²) in [5.74, 6) is 1.80. The second-order valence-electron chi connectivity index (χ2n) is 4.33. The predicted octanol–water partition coefficient (Wildman–Crippen LogP) is 4.40. The van der Waals surface area contributed by atoms with Gasteiger partial charge >= 0.3 is 0 Å². The lowest BCUT2D eigenvalue weighted by atomic mass is 10.1. The van der Waals surface area contributed by atoms with E-state index in [4.69, 9.17) is 16.3 Å². The molecule has 1 aromatic rings. The molecule has 0 aliphatic rings. The van der Waals surface area contributed by atoms with Crippen LogP contribution in [0.3, 0.4) is 0 Å². The molecule has 0 saturated carbocycles. The maximum absolute atomic E-state index is 5.83. The Morgan fingerprint density at radius 3 is 2.19 bits per heavy atom. The Labute approximate surface area is 104 Å². The Bertz CT molecular complexity index is 311. The number of hydrogen-bond acceptors (Lipinski definition) is 1. The molecule has 1 rings (SSSR count). The summed E-state index contributed by atoms with van der Waals surface area (Å²) in [6.45, 7) is 7.12. The fourth-order valence-corrected chi connectivity index (χ4v) is 2.13. The molecule has 0 aliphatic heterocycles. The molecule has 90 valence electrons. The first-order valence-corrected chi connectivity index (χ1v) is 6.45. The molecule has 0 unspecified atom stereocenters. The smallest absolute Gasteiger partial charge is 0.125 e. The summed E-state index contributed by atoms with van der Waals surface area (Å²) in [7, 11) is 0. The number of ether oxygens (including phenoxy) is 1. The molecule has 0 heterocycles. The third-order valence-corrected chi connectivity index (χ3v) is 2.90. The van der Waals surface area contributed by atoms with Gasteiger partial charge in [-0.05, 0) is 51.2 Å². The topological polar surface area (TPSA) is 9.23 Å². The van der Waals surface area contributed by atoms with E-state index in [1.807, 2.05) is 0 Å². The monoisotopic (exact) mass is 240 g/mol. The van der Waals surface area contributed by atoms with Gasteiger partial charge in [0.2, 0.25) is 0 Å². The summed E-state index contributed by atoms with van der Waals surface area (Å²) in [4.78, 5) is 0. The fourth-order valence-electron chi connectivity index (χ4n) is 1.94. The van der Waals surface area contributed by atoms with Gasteiger partial charge in [0.25, 0.3) is 0 Å². The van der Waals surface area contributed by atoms with Crippen molar-refractivity contribution in [1.29, 1.82) is 0 Å². The Hall–Kier alpha value is -0.690. The molecule has 0 bridgehead atoms. The molecule has 0 amide bonds. The van der Waals surface area contributed by atoms with Crippen molar-refractivity contribution in [2.24, 2.45) is 0 Å². The van der Waals surface area contributed by atoms with Gasteiger partial charge in [-0.1, -0.05) is 17.7 Å². The second kappa shape index (κ2) is 6.80. The molecule has 0 aliphatic carbocycles. The molecule has 1 nitrogen and oxygen atoms in total. The highest BCUT2D eigenvalue weighted by Crippen LogP contribution is 2.24. The minimum Gasteiger partial charge on any atom is -0.493 e. The molecule has 0 fully saturated rings. The lowest BCUT2D eigenvalue weighted by Gasteiger charge is -2.12. The van der Waals surface area contributed by atoms with Crippen molar-refractivity contribution < 1.29 is 4.74 Å². The van der Waals surface area contributed by atoms with E-state index in [0.717, 1.165) is 37.5 Å². The van der Waals surface area contributed by atoms with E-state index < -0.39 is 0 Å². The predicted molar refractivity (Wildman–Crippen MR) is 70.7 cm³/mol. The van der Waals surface area contributed by atoms with Crippen molar-refractivity contribution in [2.75, 3.05) is 12.5 Å². The molecule has 1 aromatic carbocycles. The SMILES string of the molecule is Cc1cc(C)c(OCCCCCCl)c(C)c1. The van der Waals surface area contributed by atoms with E-state index in [0.29, 0.717) is 0 Å². The maximum atomic E-state index is 5.83. The quantitative estimate of drug-likeness (QED) is 0.529. The van der Waals surface area contributed by atoms with Crippen molar-refractivity contribution in [2.45, 2.75) is 40.0 Å². The van der Waals surface area contributed by atoms with Crippen molar-refractivity contribution in [3.63, 3.8) is 0 Å². The molecule has 16 heavy (non-hydrogen) atoms. The van der Waals surface area contributed by atoms with Gasteiger partial charge in [0.15, 0.2) is 0 Å². The lowest BCUT2D eigenvalue weighted by Crippen LogP contribution is -2.01. The van der Waals surface area contributed by atoms with Crippen LogP contribution in [0, 0.1) is 20.8 Å². The van der Waals surface area contributed by atoms with Gasteiger partial charge < -0.3 is 4.74 Å². The summed E-state index contributed by atoms with van der Waals surface area (Å²) in [5, 5.41) is 0. The zero-order valence-electron chi connectivity index (χ0n) is 10.5. The summed E-state index contributed by atoms with van der Waals surface area (Å²) in [6.07, 6.45) is 3.31. The van der Waals surface area contributed by atoms with Crippen molar-refractivity contribution >= 4 is 11.6 Å². The number of hydrogen-bond donors (Lipinski definition) is 0. The lowest BCUT2D eigenvalue weighted by molar-refractivity contribution is 0.302. The molecule has 2 heteroatoms. The largest absolute Gasteiger partial charge is 0.493 e. The molecule has 0 aromatic heterocycles. The normalized spacial score (nSPS) is 10.5. The Balaban J connectivity index is 2.47. The van der Waals surface area contributed by atoms with Gasteiger partial charge in [-0.25, -0.2) is 0 Å². The minimum absolute atomic E-state index is 0.753. The van der Waals surface area contributed by atoms with E-state index in [2.05, 4.69) is 32.9 Å². The number of benzene rings is 1. The van der Waals surface area contributed by atoms with E-state index in [1.165, 1.54) is 16.7 Å². The Morgan fingerprint density at radius 2 is 1.62 bits per heavy atom. The molecular weight excluding hydrogens is 220 g/mol. The Kier molecular flexibility index (Phi) is 5.68. The van der Waals surface area contributed by atoms with Crippen LogP contribution >= 0.6 is 11.6 Å². The first-order chi connectivity index (χ1) is 7.65. The average molecular weight is 241 g/mol. The summed E-state index contributed by atoms with van der Waals surface area (Å²) < 4.78 is 5.83. The van der Waals surface area contributed by atoms with Crippen molar-refractivity contribution in [1.82, 2.24) is 0 Å². The van der Waals surface area contributed by atoms with Crippen LogP contribution in [0.4, 0.5) is 0 Å². The highest BCUT2D eigenvalue weighted by molar-refractivity contribution is 6.17. The van der Waals surface area contributed by atoms with E-state index in [9.17, 15) is 0 Å². The standard InChI is InChI=1S/C14H21ClO/c1-11-9-12(2)14(13(3)10-11)16-8-6-4-5-7-15/h9-10H,4-8H2,1-3H3. The summed E-state index contributed by atoms with van der Waals surface area (Å²) >= 11 is 5.62. The van der Waals surface area contributed by atoms with Crippen molar-refractivity contribution in [3.8, 4) is 5.75 Å². The molecular formula is C14H21ClO. The third kappa shape index (κ3) is 4.05. The van der Waals surface area contributed by atoms with Gasteiger partial charge in [-0.3, -0.25) is 0 Å². The molecule has 0 N–H and O–H groups in total. The van der Waals surface area contributed by atoms with Crippen molar-refractivity contribution in [3.05, 3.63) is 28.8 Å². The number of alkyl halides is 1.